The van der Waals surface area contributed by atoms with Gasteiger partial charge in [0.25, 0.3) is 5.91 Å². The number of piperidine rings is 1. The molecule has 1 aromatic heterocycles. The Balaban J connectivity index is 1.83. The van der Waals surface area contributed by atoms with E-state index in [0.717, 1.165) is 19.4 Å². The van der Waals surface area contributed by atoms with Crippen molar-refractivity contribution in [2.75, 3.05) is 6.54 Å². The zero-order valence-corrected chi connectivity index (χ0v) is 11.4. The summed E-state index contributed by atoms with van der Waals surface area (Å²) >= 11 is 11.7. The molecule has 0 aromatic carbocycles. The van der Waals surface area contributed by atoms with Crippen molar-refractivity contribution in [1.29, 1.82) is 0 Å². The lowest BCUT2D eigenvalue weighted by Gasteiger charge is -2.48. The second kappa shape index (κ2) is 4.71. The van der Waals surface area contributed by atoms with Crippen LogP contribution >= 0.6 is 23.2 Å². The van der Waals surface area contributed by atoms with Crippen LogP contribution in [-0.2, 0) is 0 Å². The second-order valence-corrected chi connectivity index (χ2v) is 5.81. The quantitative estimate of drug-likeness (QED) is 0.741. The summed E-state index contributed by atoms with van der Waals surface area (Å²) in [5, 5.41) is 0.582. The Kier molecular flexibility index (Phi) is 3.20. The first-order valence-corrected chi connectivity index (χ1v) is 7.04. The Bertz CT molecular complexity index is 492. The van der Waals surface area contributed by atoms with Gasteiger partial charge in [-0.15, -0.1) is 0 Å². The van der Waals surface area contributed by atoms with Crippen molar-refractivity contribution >= 4 is 29.1 Å². The van der Waals surface area contributed by atoms with E-state index in [1.54, 1.807) is 6.07 Å². The third kappa shape index (κ3) is 1.99. The standard InChI is InChI=1S/C13H14Cl2N2O/c14-10-6-9(7-16-12(10)15)13(18)17-5-1-2-8-3-4-11(8)17/h6-8,11H,1-5H2. The smallest absolute Gasteiger partial charge is 0.255 e. The van der Waals surface area contributed by atoms with Gasteiger partial charge < -0.3 is 4.90 Å². The fraction of sp³-hybridized carbons (Fsp3) is 0.538. The van der Waals surface area contributed by atoms with Crippen molar-refractivity contribution in [3.63, 3.8) is 0 Å². The first-order chi connectivity index (χ1) is 8.66. The fourth-order valence-electron chi connectivity index (χ4n) is 2.94. The minimum Gasteiger partial charge on any atom is -0.335 e. The molecule has 0 N–H and O–H groups in total. The molecule has 0 spiro atoms. The topological polar surface area (TPSA) is 33.2 Å². The summed E-state index contributed by atoms with van der Waals surface area (Å²) in [7, 11) is 0. The zero-order chi connectivity index (χ0) is 12.7. The Morgan fingerprint density at radius 1 is 1.33 bits per heavy atom. The van der Waals surface area contributed by atoms with Gasteiger partial charge in [0, 0.05) is 18.8 Å². The predicted octanol–water partition coefficient (Wildman–Crippen LogP) is 3.40. The zero-order valence-electron chi connectivity index (χ0n) is 9.90. The number of carbonyl (C=O) groups excluding carboxylic acids is 1. The van der Waals surface area contributed by atoms with Gasteiger partial charge in [-0.05, 0) is 37.7 Å². The lowest BCUT2D eigenvalue weighted by Crippen LogP contribution is -2.53. The van der Waals surface area contributed by atoms with Gasteiger partial charge >= 0.3 is 0 Å². The number of pyridine rings is 1. The third-order valence-corrected chi connectivity index (χ3v) is 4.74. The number of amides is 1. The molecular weight excluding hydrogens is 271 g/mol. The molecule has 1 aromatic rings. The van der Waals surface area contributed by atoms with Crippen LogP contribution in [0, 0.1) is 5.92 Å². The SMILES string of the molecule is O=C(c1cnc(Cl)c(Cl)c1)N1CCCC2CCC21. The van der Waals surface area contributed by atoms with Gasteiger partial charge in [-0.3, -0.25) is 4.79 Å². The summed E-state index contributed by atoms with van der Waals surface area (Å²) < 4.78 is 0. The van der Waals surface area contributed by atoms with E-state index in [2.05, 4.69) is 4.98 Å². The minimum absolute atomic E-state index is 0.0375. The first kappa shape index (κ1) is 12.2. The van der Waals surface area contributed by atoms with Crippen molar-refractivity contribution in [3.8, 4) is 0 Å². The van der Waals surface area contributed by atoms with E-state index < -0.39 is 0 Å². The van der Waals surface area contributed by atoms with Gasteiger partial charge in [-0.25, -0.2) is 4.98 Å². The highest BCUT2D eigenvalue weighted by Gasteiger charge is 2.40. The lowest BCUT2D eigenvalue weighted by atomic mass is 9.73. The second-order valence-electron chi connectivity index (χ2n) is 5.04. The molecule has 2 aliphatic rings. The maximum absolute atomic E-state index is 12.4. The molecule has 1 saturated heterocycles. The molecule has 3 rings (SSSR count). The average Bonchev–Trinajstić information content (AvgIpc) is 2.33. The van der Waals surface area contributed by atoms with E-state index in [-0.39, 0.29) is 11.1 Å². The number of rotatable bonds is 1. The van der Waals surface area contributed by atoms with E-state index in [4.69, 9.17) is 23.2 Å². The highest BCUT2D eigenvalue weighted by Crippen LogP contribution is 2.39. The summed E-state index contributed by atoms with van der Waals surface area (Å²) in [6, 6.07) is 2.04. The molecule has 1 saturated carbocycles. The van der Waals surface area contributed by atoms with Gasteiger partial charge in [-0.2, -0.15) is 0 Å². The molecular formula is C13H14Cl2N2O. The predicted molar refractivity (Wildman–Crippen MR) is 71.0 cm³/mol. The van der Waals surface area contributed by atoms with Crippen LogP contribution in [0.4, 0.5) is 0 Å². The Labute approximate surface area is 116 Å². The largest absolute Gasteiger partial charge is 0.335 e. The normalized spacial score (nSPS) is 26.4. The molecule has 2 fully saturated rings. The number of fused-ring (bicyclic) bond motifs is 1. The minimum atomic E-state index is 0.0375. The van der Waals surface area contributed by atoms with Gasteiger partial charge in [0.1, 0.15) is 5.15 Å². The molecule has 2 heterocycles. The number of carbonyl (C=O) groups is 1. The molecule has 3 nitrogen and oxygen atoms in total. The van der Waals surface area contributed by atoms with Crippen LogP contribution in [0.1, 0.15) is 36.0 Å². The maximum Gasteiger partial charge on any atom is 0.255 e. The molecule has 5 heteroatoms. The van der Waals surface area contributed by atoms with Crippen molar-refractivity contribution in [2.24, 2.45) is 5.92 Å². The molecule has 0 bridgehead atoms. The molecule has 2 atom stereocenters. The van der Waals surface area contributed by atoms with Crippen LogP contribution in [0.2, 0.25) is 10.2 Å². The van der Waals surface area contributed by atoms with Crippen LogP contribution in [0.3, 0.4) is 0 Å². The number of hydrogen-bond acceptors (Lipinski definition) is 2. The van der Waals surface area contributed by atoms with Crippen LogP contribution in [-0.4, -0.2) is 28.4 Å². The summed E-state index contributed by atoms with van der Waals surface area (Å²) in [6.07, 6.45) is 6.26. The number of hydrogen-bond donors (Lipinski definition) is 0. The highest BCUT2D eigenvalue weighted by molar-refractivity contribution is 6.41. The van der Waals surface area contributed by atoms with E-state index in [1.807, 2.05) is 4.90 Å². The molecule has 1 amide bonds. The third-order valence-electron chi connectivity index (χ3n) is 4.06. The van der Waals surface area contributed by atoms with Crippen LogP contribution < -0.4 is 0 Å². The van der Waals surface area contributed by atoms with E-state index in [9.17, 15) is 4.79 Å². The number of halogens is 2. The maximum atomic E-state index is 12.4. The Hall–Kier alpha value is -0.800. The molecule has 18 heavy (non-hydrogen) atoms. The summed E-state index contributed by atoms with van der Waals surface area (Å²) in [5.41, 5.74) is 0.539. The molecule has 1 aliphatic heterocycles. The van der Waals surface area contributed by atoms with Crippen molar-refractivity contribution < 1.29 is 4.79 Å². The average molecular weight is 285 g/mol. The first-order valence-electron chi connectivity index (χ1n) is 6.29. The monoisotopic (exact) mass is 284 g/mol. The summed E-state index contributed by atoms with van der Waals surface area (Å²) in [6.45, 7) is 0.847. The Morgan fingerprint density at radius 3 is 2.83 bits per heavy atom. The fourth-order valence-corrected chi connectivity index (χ4v) is 3.21. The number of aromatic nitrogens is 1. The summed E-state index contributed by atoms with van der Waals surface area (Å²) in [5.74, 6) is 0.744. The lowest BCUT2D eigenvalue weighted by molar-refractivity contribution is 0.0184. The molecule has 96 valence electrons. The van der Waals surface area contributed by atoms with E-state index >= 15 is 0 Å². The van der Waals surface area contributed by atoms with Crippen molar-refractivity contribution in [1.82, 2.24) is 9.88 Å². The Morgan fingerprint density at radius 2 is 2.17 bits per heavy atom. The van der Waals surface area contributed by atoms with Crippen LogP contribution in [0.5, 0.6) is 0 Å². The number of nitrogens with zero attached hydrogens (tertiary/aromatic N) is 2. The number of likely N-dealkylation sites (tertiary alicyclic amines) is 1. The van der Waals surface area contributed by atoms with Crippen molar-refractivity contribution in [3.05, 3.63) is 28.0 Å². The summed E-state index contributed by atoms with van der Waals surface area (Å²) in [4.78, 5) is 18.4. The van der Waals surface area contributed by atoms with E-state index in [1.165, 1.54) is 19.0 Å². The van der Waals surface area contributed by atoms with Crippen LogP contribution in [0.15, 0.2) is 12.3 Å². The van der Waals surface area contributed by atoms with Gasteiger partial charge in [-0.1, -0.05) is 23.2 Å². The molecule has 0 radical (unpaired) electrons. The van der Waals surface area contributed by atoms with Gasteiger partial charge in [0.05, 0.1) is 10.6 Å². The van der Waals surface area contributed by atoms with Crippen LogP contribution in [0.25, 0.3) is 0 Å². The van der Waals surface area contributed by atoms with Gasteiger partial charge in [0.2, 0.25) is 0 Å². The molecule has 1 aliphatic carbocycles. The van der Waals surface area contributed by atoms with Crippen molar-refractivity contribution in [2.45, 2.75) is 31.7 Å². The highest BCUT2D eigenvalue weighted by atomic mass is 35.5. The molecule has 2 unspecified atom stereocenters. The van der Waals surface area contributed by atoms with Gasteiger partial charge in [0.15, 0.2) is 0 Å². The van der Waals surface area contributed by atoms with E-state index in [0.29, 0.717) is 22.5 Å².